The molecule has 2 amide bonds. The van der Waals surface area contributed by atoms with Crippen LogP contribution in [0.4, 0.5) is 0 Å². The minimum Gasteiger partial charge on any atom is -0.350 e. The summed E-state index contributed by atoms with van der Waals surface area (Å²) in [5.74, 6) is -0.0114. The number of hydrogen-bond donors (Lipinski definition) is 1. The highest BCUT2D eigenvalue weighted by molar-refractivity contribution is 5.98. The van der Waals surface area contributed by atoms with Gasteiger partial charge < -0.3 is 10.2 Å². The van der Waals surface area contributed by atoms with Gasteiger partial charge in [0, 0.05) is 30.9 Å². The summed E-state index contributed by atoms with van der Waals surface area (Å²) in [6, 6.07) is 13.1. The second-order valence-corrected chi connectivity index (χ2v) is 7.05. The summed E-state index contributed by atoms with van der Waals surface area (Å²) >= 11 is 0. The lowest BCUT2D eigenvalue weighted by Crippen LogP contribution is -2.36. The Hall–Kier alpha value is -2.69. The van der Waals surface area contributed by atoms with E-state index in [1.807, 2.05) is 58.0 Å². The van der Waals surface area contributed by atoms with Crippen LogP contribution < -0.4 is 5.32 Å². The molecule has 0 unspecified atom stereocenters. The zero-order valence-electron chi connectivity index (χ0n) is 15.9. The number of pyridine rings is 1. The molecule has 0 aliphatic carbocycles. The average Bonchev–Trinajstić information content (AvgIpc) is 2.64. The van der Waals surface area contributed by atoms with Gasteiger partial charge in [-0.1, -0.05) is 44.2 Å². The Morgan fingerprint density at radius 2 is 1.77 bits per heavy atom. The second kappa shape index (κ2) is 9.13. The summed E-state index contributed by atoms with van der Waals surface area (Å²) in [7, 11) is 0. The molecule has 0 aliphatic rings. The lowest BCUT2D eigenvalue weighted by atomic mass is 10.1. The van der Waals surface area contributed by atoms with E-state index in [0.29, 0.717) is 24.6 Å². The van der Waals surface area contributed by atoms with Crippen LogP contribution in [-0.4, -0.2) is 34.3 Å². The van der Waals surface area contributed by atoms with Crippen LogP contribution in [0.15, 0.2) is 48.7 Å². The van der Waals surface area contributed by atoms with Gasteiger partial charge in [0.15, 0.2) is 0 Å². The maximum Gasteiger partial charge on any atom is 0.269 e. The number of amides is 2. The Labute approximate surface area is 155 Å². The zero-order valence-corrected chi connectivity index (χ0v) is 15.9. The fourth-order valence-electron chi connectivity index (χ4n) is 2.51. The second-order valence-electron chi connectivity index (χ2n) is 7.05. The van der Waals surface area contributed by atoms with Gasteiger partial charge in [-0.2, -0.15) is 0 Å². The molecular weight excluding hydrogens is 326 g/mol. The van der Waals surface area contributed by atoms with Gasteiger partial charge in [0.05, 0.1) is 0 Å². The summed E-state index contributed by atoms with van der Waals surface area (Å²) in [6.45, 7) is 9.12. The standard InChI is InChI=1S/C21H27N3O2/c1-15(2)13-23-20(25)19-12-18(10-11-22-19)21(26)24(16(3)4)14-17-8-6-5-7-9-17/h5-12,15-16H,13-14H2,1-4H3,(H,23,25). The molecule has 0 atom stereocenters. The van der Waals surface area contributed by atoms with Crippen LogP contribution in [0.3, 0.4) is 0 Å². The Balaban J connectivity index is 2.18. The number of benzene rings is 1. The molecule has 0 spiro atoms. The molecule has 5 heteroatoms. The molecule has 0 aliphatic heterocycles. The maximum absolute atomic E-state index is 13.0. The molecular formula is C21H27N3O2. The van der Waals surface area contributed by atoms with E-state index in [4.69, 9.17) is 0 Å². The molecule has 0 bridgehead atoms. The van der Waals surface area contributed by atoms with Gasteiger partial charge in [-0.3, -0.25) is 14.6 Å². The van der Waals surface area contributed by atoms with Gasteiger partial charge >= 0.3 is 0 Å². The van der Waals surface area contributed by atoms with Gasteiger partial charge in [-0.15, -0.1) is 0 Å². The van der Waals surface area contributed by atoms with Gasteiger partial charge in [0.2, 0.25) is 0 Å². The van der Waals surface area contributed by atoms with E-state index in [1.165, 1.54) is 6.20 Å². The maximum atomic E-state index is 13.0. The number of carbonyl (C=O) groups excluding carboxylic acids is 2. The minimum atomic E-state index is -0.257. The summed E-state index contributed by atoms with van der Waals surface area (Å²) in [5, 5.41) is 2.83. The third kappa shape index (κ3) is 5.41. The van der Waals surface area contributed by atoms with E-state index in [1.54, 1.807) is 17.0 Å². The lowest BCUT2D eigenvalue weighted by Gasteiger charge is -2.27. The smallest absolute Gasteiger partial charge is 0.269 e. The first kappa shape index (κ1) is 19.6. The Morgan fingerprint density at radius 3 is 2.38 bits per heavy atom. The number of rotatable bonds is 7. The van der Waals surface area contributed by atoms with Crippen molar-refractivity contribution in [3.8, 4) is 0 Å². The third-order valence-electron chi connectivity index (χ3n) is 3.99. The summed E-state index contributed by atoms with van der Waals surface area (Å²) in [6.07, 6.45) is 1.51. The van der Waals surface area contributed by atoms with Crippen molar-refractivity contribution in [1.82, 2.24) is 15.2 Å². The molecule has 0 saturated carbocycles. The molecule has 1 heterocycles. The van der Waals surface area contributed by atoms with E-state index < -0.39 is 0 Å². The average molecular weight is 353 g/mol. The first-order valence-corrected chi connectivity index (χ1v) is 8.97. The van der Waals surface area contributed by atoms with Crippen LogP contribution in [0, 0.1) is 5.92 Å². The summed E-state index contributed by atoms with van der Waals surface area (Å²) in [5.41, 5.74) is 1.80. The highest BCUT2D eigenvalue weighted by Gasteiger charge is 2.20. The van der Waals surface area contributed by atoms with Gasteiger partial charge in [0.1, 0.15) is 5.69 Å². The normalized spacial score (nSPS) is 10.8. The molecule has 1 N–H and O–H groups in total. The predicted molar refractivity (Wildman–Crippen MR) is 103 cm³/mol. The van der Waals surface area contributed by atoms with Crippen molar-refractivity contribution in [2.45, 2.75) is 40.3 Å². The van der Waals surface area contributed by atoms with Crippen LogP contribution in [-0.2, 0) is 6.54 Å². The van der Waals surface area contributed by atoms with E-state index in [2.05, 4.69) is 10.3 Å². The Bertz CT molecular complexity index is 742. The molecule has 1 aromatic heterocycles. The van der Waals surface area contributed by atoms with E-state index in [-0.39, 0.29) is 23.6 Å². The fourth-order valence-corrected chi connectivity index (χ4v) is 2.51. The van der Waals surface area contributed by atoms with Crippen molar-refractivity contribution in [3.05, 3.63) is 65.5 Å². The highest BCUT2D eigenvalue weighted by atomic mass is 16.2. The number of carbonyl (C=O) groups is 2. The quantitative estimate of drug-likeness (QED) is 0.828. The molecule has 138 valence electrons. The van der Waals surface area contributed by atoms with Crippen LogP contribution in [0.5, 0.6) is 0 Å². The number of hydrogen-bond acceptors (Lipinski definition) is 3. The van der Waals surface area contributed by atoms with E-state index >= 15 is 0 Å². The monoisotopic (exact) mass is 353 g/mol. The molecule has 2 aromatic rings. The molecule has 0 fully saturated rings. The topological polar surface area (TPSA) is 62.3 Å². The highest BCUT2D eigenvalue weighted by Crippen LogP contribution is 2.14. The Morgan fingerprint density at radius 1 is 1.08 bits per heavy atom. The van der Waals surface area contributed by atoms with Crippen molar-refractivity contribution in [2.75, 3.05) is 6.54 Å². The van der Waals surface area contributed by atoms with Gasteiger partial charge in [-0.25, -0.2) is 0 Å². The Kier molecular flexibility index (Phi) is 6.89. The zero-order chi connectivity index (χ0) is 19.1. The van der Waals surface area contributed by atoms with Crippen molar-refractivity contribution in [2.24, 2.45) is 5.92 Å². The van der Waals surface area contributed by atoms with Crippen molar-refractivity contribution >= 4 is 11.8 Å². The molecule has 26 heavy (non-hydrogen) atoms. The minimum absolute atomic E-state index is 0.0362. The van der Waals surface area contributed by atoms with Crippen LogP contribution >= 0.6 is 0 Å². The third-order valence-corrected chi connectivity index (χ3v) is 3.99. The van der Waals surface area contributed by atoms with Crippen LogP contribution in [0.25, 0.3) is 0 Å². The predicted octanol–water partition coefficient (Wildman–Crippen LogP) is 3.52. The van der Waals surface area contributed by atoms with Gasteiger partial charge in [-0.05, 0) is 37.5 Å². The molecule has 2 rings (SSSR count). The number of aromatic nitrogens is 1. The molecule has 1 aromatic carbocycles. The molecule has 0 saturated heterocycles. The molecule has 0 radical (unpaired) electrons. The van der Waals surface area contributed by atoms with E-state index in [9.17, 15) is 9.59 Å². The lowest BCUT2D eigenvalue weighted by molar-refractivity contribution is 0.0690. The first-order chi connectivity index (χ1) is 12.4. The summed E-state index contributed by atoms with van der Waals surface area (Å²) in [4.78, 5) is 31.1. The van der Waals surface area contributed by atoms with Crippen molar-refractivity contribution in [3.63, 3.8) is 0 Å². The van der Waals surface area contributed by atoms with E-state index in [0.717, 1.165) is 5.56 Å². The fraction of sp³-hybridized carbons (Fsp3) is 0.381. The van der Waals surface area contributed by atoms with Crippen molar-refractivity contribution < 1.29 is 9.59 Å². The number of nitrogens with zero attached hydrogens (tertiary/aromatic N) is 2. The SMILES string of the molecule is CC(C)CNC(=O)c1cc(C(=O)N(Cc2ccccc2)C(C)C)ccn1. The van der Waals surface area contributed by atoms with Crippen LogP contribution in [0.2, 0.25) is 0 Å². The van der Waals surface area contributed by atoms with Crippen LogP contribution in [0.1, 0.15) is 54.1 Å². The first-order valence-electron chi connectivity index (χ1n) is 8.97. The summed E-state index contributed by atoms with van der Waals surface area (Å²) < 4.78 is 0. The van der Waals surface area contributed by atoms with Gasteiger partial charge in [0.25, 0.3) is 11.8 Å². The number of nitrogens with one attached hydrogen (secondary N) is 1. The van der Waals surface area contributed by atoms with Crippen molar-refractivity contribution in [1.29, 1.82) is 0 Å². The molecule has 5 nitrogen and oxygen atoms in total. The largest absolute Gasteiger partial charge is 0.350 e.